The maximum Gasteiger partial charge on any atom is 0.193 e. The molecule has 0 aromatic heterocycles. The van der Waals surface area contributed by atoms with E-state index in [4.69, 9.17) is 13.6 Å². The van der Waals surface area contributed by atoms with Gasteiger partial charge in [-0.15, -0.1) is 0 Å². The predicted octanol–water partition coefficient (Wildman–Crippen LogP) is 6.74. The number of carbonyl (C=O) groups excluding carboxylic acids is 1. The largest absolute Gasteiger partial charge is 0.407 e. The van der Waals surface area contributed by atoms with Crippen LogP contribution in [0.15, 0.2) is 42.5 Å². The molecule has 0 heterocycles. The van der Waals surface area contributed by atoms with Crippen molar-refractivity contribution in [3.8, 4) is 0 Å². The number of carbonyl (C=O) groups is 1. The minimum absolute atomic E-state index is 0.0122. The van der Waals surface area contributed by atoms with Gasteiger partial charge >= 0.3 is 0 Å². The summed E-state index contributed by atoms with van der Waals surface area (Å²) in [5.41, 5.74) is 1.14. The highest BCUT2D eigenvalue weighted by molar-refractivity contribution is 6.74. The molecule has 0 unspecified atom stereocenters. The van der Waals surface area contributed by atoms with Gasteiger partial charge in [0.05, 0.1) is 19.3 Å². The minimum atomic E-state index is -2.13. The number of ether oxygens (including phenoxy) is 1. The van der Waals surface area contributed by atoms with E-state index in [1.807, 2.05) is 42.5 Å². The van der Waals surface area contributed by atoms with Gasteiger partial charge in [0, 0.05) is 0 Å². The third-order valence-corrected chi connectivity index (χ3v) is 15.5. The second-order valence-corrected chi connectivity index (χ2v) is 20.8. The first-order chi connectivity index (χ1) is 14.1. The van der Waals surface area contributed by atoms with Gasteiger partial charge in [-0.1, -0.05) is 84.0 Å². The Morgan fingerprint density at radius 1 is 0.839 bits per heavy atom. The van der Waals surface area contributed by atoms with Crippen LogP contribution in [0.3, 0.4) is 0 Å². The fraction of sp³-hybridized carbons (Fsp3) is 0.640. The summed E-state index contributed by atoms with van der Waals surface area (Å²) < 4.78 is 18.9. The lowest BCUT2D eigenvalue weighted by atomic mass is 10.2. The highest BCUT2D eigenvalue weighted by Gasteiger charge is 2.44. The van der Waals surface area contributed by atoms with Crippen molar-refractivity contribution >= 4 is 22.9 Å². The first kappa shape index (κ1) is 28.0. The van der Waals surface area contributed by atoms with Crippen molar-refractivity contribution < 1.29 is 18.4 Å². The average molecular weight is 465 g/mol. The van der Waals surface area contributed by atoms with E-state index < -0.39 is 28.8 Å². The molecule has 0 aliphatic heterocycles. The van der Waals surface area contributed by atoms with Crippen LogP contribution in [-0.4, -0.2) is 41.7 Å². The van der Waals surface area contributed by atoms with E-state index in [0.29, 0.717) is 13.2 Å². The molecular formula is C25H44O4Si2. The molecule has 6 heteroatoms. The van der Waals surface area contributed by atoms with Crippen molar-refractivity contribution in [3.05, 3.63) is 48.0 Å². The zero-order chi connectivity index (χ0) is 23.9. The van der Waals surface area contributed by atoms with Gasteiger partial charge in [-0.3, -0.25) is 0 Å². The van der Waals surface area contributed by atoms with Gasteiger partial charge in [-0.2, -0.15) is 0 Å². The van der Waals surface area contributed by atoms with Crippen LogP contribution in [0.2, 0.25) is 36.3 Å². The van der Waals surface area contributed by atoms with Gasteiger partial charge in [0.1, 0.15) is 6.10 Å². The SMILES string of the molecule is CC(C)(C)[Si](C)(C)O[C@@H](C=O)[C@H](/C=C/COCc1ccccc1)O[Si](C)(C)C(C)(C)C. The van der Waals surface area contributed by atoms with E-state index in [1.165, 1.54) is 0 Å². The van der Waals surface area contributed by atoms with E-state index in [2.05, 4.69) is 67.7 Å². The standard InChI is InChI=1S/C25H44O4Si2/c1-24(2,3)30(7,8)28-22(23(19-26)29-31(9,10)25(4,5)6)17-14-18-27-20-21-15-12-11-13-16-21/h11-17,19,22-23H,18,20H2,1-10H3/b17-14+/t22-,23-/m0/s1. The Hall–Kier alpha value is -1.06. The zero-order valence-corrected chi connectivity index (χ0v) is 23.3. The number of rotatable bonds is 11. The molecule has 0 aliphatic carbocycles. The molecule has 0 saturated carbocycles. The molecule has 0 spiro atoms. The molecule has 2 atom stereocenters. The van der Waals surface area contributed by atoms with Gasteiger partial charge in [0.25, 0.3) is 0 Å². The molecule has 0 bridgehead atoms. The zero-order valence-electron chi connectivity index (χ0n) is 21.3. The van der Waals surface area contributed by atoms with Crippen LogP contribution < -0.4 is 0 Å². The fourth-order valence-electron chi connectivity index (χ4n) is 2.43. The molecule has 1 aromatic carbocycles. The summed E-state index contributed by atoms with van der Waals surface area (Å²) in [4.78, 5) is 12.1. The van der Waals surface area contributed by atoms with Crippen LogP contribution in [0.1, 0.15) is 47.1 Å². The van der Waals surface area contributed by atoms with Crippen molar-refractivity contribution in [2.75, 3.05) is 6.61 Å². The molecule has 0 saturated heterocycles. The summed E-state index contributed by atoms with van der Waals surface area (Å²) in [6, 6.07) is 10.1. The molecule has 176 valence electrons. The highest BCUT2D eigenvalue weighted by Crippen LogP contribution is 2.40. The average Bonchev–Trinajstić information content (AvgIpc) is 2.64. The fourth-order valence-corrected chi connectivity index (χ4v) is 4.90. The number of hydrogen-bond donors (Lipinski definition) is 0. The number of benzene rings is 1. The summed E-state index contributed by atoms with van der Waals surface area (Å²) in [6.07, 6.45) is 3.77. The maximum atomic E-state index is 12.1. The van der Waals surface area contributed by atoms with Gasteiger partial charge in [0.2, 0.25) is 0 Å². The number of aldehydes is 1. The summed E-state index contributed by atoms with van der Waals surface area (Å²) in [7, 11) is -4.24. The van der Waals surface area contributed by atoms with Crippen LogP contribution in [0.4, 0.5) is 0 Å². The molecule has 1 rings (SSSR count). The van der Waals surface area contributed by atoms with Crippen molar-refractivity contribution in [2.45, 2.75) is 96.6 Å². The number of hydrogen-bond acceptors (Lipinski definition) is 4. The lowest BCUT2D eigenvalue weighted by molar-refractivity contribution is -0.117. The molecule has 1 aromatic rings. The lowest BCUT2D eigenvalue weighted by Gasteiger charge is -2.43. The molecular weight excluding hydrogens is 420 g/mol. The summed E-state index contributed by atoms with van der Waals surface area (Å²) in [5.74, 6) is 0. The molecule has 0 aliphatic rings. The smallest absolute Gasteiger partial charge is 0.193 e. The van der Waals surface area contributed by atoms with Gasteiger partial charge in [-0.25, -0.2) is 0 Å². The van der Waals surface area contributed by atoms with E-state index in [1.54, 1.807) is 0 Å². The predicted molar refractivity (Wildman–Crippen MR) is 135 cm³/mol. The maximum absolute atomic E-state index is 12.1. The Kier molecular flexibility index (Phi) is 10.1. The Bertz CT molecular complexity index is 700. The quantitative estimate of drug-likeness (QED) is 0.157. The molecule has 0 fully saturated rings. The first-order valence-electron chi connectivity index (χ1n) is 11.2. The third kappa shape index (κ3) is 8.77. The van der Waals surface area contributed by atoms with Crippen LogP contribution in [-0.2, 0) is 25.0 Å². The lowest BCUT2D eigenvalue weighted by Crippen LogP contribution is -2.51. The topological polar surface area (TPSA) is 44.8 Å². The van der Waals surface area contributed by atoms with Gasteiger partial charge < -0.3 is 18.4 Å². The second-order valence-electron chi connectivity index (χ2n) is 11.3. The Morgan fingerprint density at radius 2 is 1.32 bits per heavy atom. The van der Waals surface area contributed by atoms with Crippen LogP contribution in [0.5, 0.6) is 0 Å². The molecule has 0 amide bonds. The summed E-state index contributed by atoms with van der Waals surface area (Å²) in [5, 5.41) is 0.0472. The Balaban J connectivity index is 2.97. The third-order valence-electron chi connectivity index (χ3n) is 6.58. The normalized spacial score (nSPS) is 15.8. The molecule has 0 N–H and O–H groups in total. The minimum Gasteiger partial charge on any atom is -0.407 e. The Labute approximate surface area is 192 Å². The van der Waals surface area contributed by atoms with Crippen LogP contribution in [0.25, 0.3) is 0 Å². The van der Waals surface area contributed by atoms with E-state index in [-0.39, 0.29) is 10.1 Å². The Morgan fingerprint density at radius 3 is 1.77 bits per heavy atom. The summed E-state index contributed by atoms with van der Waals surface area (Å²) >= 11 is 0. The van der Waals surface area contributed by atoms with Gasteiger partial charge in [-0.05, 0) is 41.8 Å². The monoisotopic (exact) mass is 464 g/mol. The summed E-state index contributed by atoms with van der Waals surface area (Å²) in [6.45, 7) is 22.9. The molecule has 4 nitrogen and oxygen atoms in total. The molecule has 31 heavy (non-hydrogen) atoms. The molecule has 0 radical (unpaired) electrons. The van der Waals surface area contributed by atoms with Crippen molar-refractivity contribution in [1.82, 2.24) is 0 Å². The first-order valence-corrected chi connectivity index (χ1v) is 17.0. The van der Waals surface area contributed by atoms with Crippen LogP contribution >= 0.6 is 0 Å². The highest BCUT2D eigenvalue weighted by atomic mass is 28.4. The van der Waals surface area contributed by atoms with E-state index >= 15 is 0 Å². The second kappa shape index (κ2) is 11.2. The van der Waals surface area contributed by atoms with Crippen molar-refractivity contribution in [1.29, 1.82) is 0 Å². The van der Waals surface area contributed by atoms with Crippen molar-refractivity contribution in [2.24, 2.45) is 0 Å². The van der Waals surface area contributed by atoms with Crippen LogP contribution in [0, 0.1) is 0 Å². The van der Waals surface area contributed by atoms with E-state index in [9.17, 15) is 4.79 Å². The van der Waals surface area contributed by atoms with E-state index in [0.717, 1.165) is 11.8 Å². The van der Waals surface area contributed by atoms with Crippen molar-refractivity contribution in [3.63, 3.8) is 0 Å². The van der Waals surface area contributed by atoms with Gasteiger partial charge in [0.15, 0.2) is 22.9 Å².